The van der Waals surface area contributed by atoms with Crippen LogP contribution in [0.4, 0.5) is 0 Å². The second kappa shape index (κ2) is 12.1. The van der Waals surface area contributed by atoms with Gasteiger partial charge in [-0.2, -0.15) is 12.6 Å². The van der Waals surface area contributed by atoms with Crippen molar-refractivity contribution in [1.82, 2.24) is 4.90 Å². The van der Waals surface area contributed by atoms with Crippen molar-refractivity contribution >= 4 is 30.5 Å². The number of carboxylic acid groups (broad SMARTS) is 2. The number of carbonyl (C=O) groups excluding carboxylic acids is 1. The van der Waals surface area contributed by atoms with Gasteiger partial charge in [0.05, 0.1) is 0 Å². The van der Waals surface area contributed by atoms with E-state index in [-0.39, 0.29) is 11.8 Å². The van der Waals surface area contributed by atoms with Crippen LogP contribution in [0, 0.1) is 5.92 Å². The van der Waals surface area contributed by atoms with Gasteiger partial charge in [0.25, 0.3) is 0 Å². The number of aliphatic carboxylic acids is 2. The van der Waals surface area contributed by atoms with Crippen LogP contribution in [0.2, 0.25) is 0 Å². The molecule has 1 heterocycles. The van der Waals surface area contributed by atoms with Gasteiger partial charge in [-0.25, -0.2) is 4.79 Å². The number of carboxylic acids is 2. The van der Waals surface area contributed by atoms with Crippen LogP contribution in [-0.4, -0.2) is 63.9 Å². The summed E-state index contributed by atoms with van der Waals surface area (Å²) in [6, 6.07) is -1.34. The molecule has 0 spiro atoms. The fourth-order valence-corrected chi connectivity index (χ4v) is 2.44. The standard InChI is InChI=1S/C9H15NO3S.C6H14N2O2/c1-6(5-14)8(11)10-4-2-3-7(10)9(12)13;7-4-2-1-3-5(8)6(9)10/h6-7,14H,2-5H2,1H3,(H,12,13);5H,1-4,7-8H2,(H,9,10)/t6-,7+;/m1./s1. The Morgan fingerprint density at radius 1 is 1.29 bits per heavy atom. The number of nitrogens with zero attached hydrogens (tertiary/aromatic N) is 1. The molecule has 0 bridgehead atoms. The minimum Gasteiger partial charge on any atom is -0.480 e. The van der Waals surface area contributed by atoms with Gasteiger partial charge in [-0.1, -0.05) is 13.3 Å². The monoisotopic (exact) mass is 363 g/mol. The van der Waals surface area contributed by atoms with E-state index in [0.29, 0.717) is 31.7 Å². The van der Waals surface area contributed by atoms with Gasteiger partial charge in [-0.05, 0) is 32.2 Å². The maximum absolute atomic E-state index is 11.7. The lowest BCUT2D eigenvalue weighted by Gasteiger charge is -2.24. The molecule has 0 aliphatic carbocycles. The number of likely N-dealkylation sites (tertiary alicyclic amines) is 1. The van der Waals surface area contributed by atoms with Gasteiger partial charge in [0.15, 0.2) is 0 Å². The first-order valence-corrected chi connectivity index (χ1v) is 8.72. The topological polar surface area (TPSA) is 147 Å². The number of nitrogens with two attached hydrogens (primary N) is 2. The highest BCUT2D eigenvalue weighted by molar-refractivity contribution is 7.80. The minimum absolute atomic E-state index is 0.0927. The quantitative estimate of drug-likeness (QED) is 0.305. The lowest BCUT2D eigenvalue weighted by atomic mass is 10.1. The van der Waals surface area contributed by atoms with Crippen LogP contribution in [0.5, 0.6) is 0 Å². The molecule has 0 aromatic carbocycles. The second-order valence-corrected chi connectivity index (χ2v) is 6.21. The summed E-state index contributed by atoms with van der Waals surface area (Å²) < 4.78 is 0. The van der Waals surface area contributed by atoms with E-state index in [2.05, 4.69) is 12.6 Å². The lowest BCUT2D eigenvalue weighted by Crippen LogP contribution is -2.43. The molecule has 8 nitrogen and oxygen atoms in total. The molecular weight excluding hydrogens is 334 g/mol. The Labute approximate surface area is 148 Å². The molecule has 0 saturated carbocycles. The van der Waals surface area contributed by atoms with E-state index in [4.69, 9.17) is 21.7 Å². The highest BCUT2D eigenvalue weighted by Gasteiger charge is 2.35. The molecule has 140 valence electrons. The summed E-state index contributed by atoms with van der Waals surface area (Å²) >= 11 is 4.03. The first-order valence-electron chi connectivity index (χ1n) is 8.08. The Hall–Kier alpha value is -1.32. The minimum atomic E-state index is -0.933. The van der Waals surface area contributed by atoms with Crippen molar-refractivity contribution < 1.29 is 24.6 Å². The van der Waals surface area contributed by atoms with E-state index in [0.717, 1.165) is 19.3 Å². The van der Waals surface area contributed by atoms with Crippen LogP contribution < -0.4 is 11.5 Å². The number of carbonyl (C=O) groups is 3. The highest BCUT2D eigenvalue weighted by atomic mass is 32.1. The Balaban J connectivity index is 0.000000470. The maximum atomic E-state index is 11.7. The van der Waals surface area contributed by atoms with E-state index >= 15 is 0 Å². The first kappa shape index (κ1) is 22.7. The van der Waals surface area contributed by atoms with Crippen molar-refractivity contribution in [1.29, 1.82) is 0 Å². The highest BCUT2D eigenvalue weighted by Crippen LogP contribution is 2.20. The smallest absolute Gasteiger partial charge is 0.326 e. The van der Waals surface area contributed by atoms with Crippen molar-refractivity contribution in [2.75, 3.05) is 18.8 Å². The molecule has 24 heavy (non-hydrogen) atoms. The number of amides is 1. The molecule has 1 rings (SSSR count). The first-order chi connectivity index (χ1) is 11.3. The fourth-order valence-electron chi connectivity index (χ4n) is 2.28. The van der Waals surface area contributed by atoms with Crippen molar-refractivity contribution in [2.45, 2.75) is 51.1 Å². The predicted molar refractivity (Wildman–Crippen MR) is 93.9 cm³/mol. The van der Waals surface area contributed by atoms with Crippen molar-refractivity contribution in [2.24, 2.45) is 17.4 Å². The van der Waals surface area contributed by atoms with Crippen molar-refractivity contribution in [3.8, 4) is 0 Å². The molecule has 1 aliphatic heterocycles. The summed E-state index contributed by atoms with van der Waals surface area (Å²) in [7, 11) is 0. The predicted octanol–water partition coefficient (Wildman–Crippen LogP) is 0.155. The van der Waals surface area contributed by atoms with Gasteiger partial charge in [-0.3, -0.25) is 9.59 Å². The van der Waals surface area contributed by atoms with Crippen LogP contribution in [0.1, 0.15) is 39.0 Å². The Kier molecular flexibility index (Phi) is 11.4. The molecule has 6 N–H and O–H groups in total. The molecule has 0 aromatic rings. The van der Waals surface area contributed by atoms with Crippen LogP contribution in [-0.2, 0) is 14.4 Å². The Morgan fingerprint density at radius 2 is 1.92 bits per heavy atom. The van der Waals surface area contributed by atoms with Crippen molar-refractivity contribution in [3.05, 3.63) is 0 Å². The molecule has 1 amide bonds. The zero-order valence-electron chi connectivity index (χ0n) is 14.1. The molecule has 1 fully saturated rings. The van der Waals surface area contributed by atoms with Crippen LogP contribution in [0.25, 0.3) is 0 Å². The number of rotatable bonds is 8. The zero-order valence-corrected chi connectivity index (χ0v) is 15.0. The molecule has 1 saturated heterocycles. The Bertz CT molecular complexity index is 422. The molecule has 0 aromatic heterocycles. The number of hydrogen-bond acceptors (Lipinski definition) is 6. The van der Waals surface area contributed by atoms with E-state index in [9.17, 15) is 14.4 Å². The third-order valence-corrected chi connectivity index (χ3v) is 4.35. The summed E-state index contributed by atoms with van der Waals surface area (Å²) in [5.41, 5.74) is 10.4. The average molecular weight is 363 g/mol. The normalized spacial score (nSPS) is 19.2. The molecular formula is C15H29N3O5S. The fraction of sp³-hybridized carbons (Fsp3) is 0.800. The largest absolute Gasteiger partial charge is 0.480 e. The van der Waals surface area contributed by atoms with Crippen LogP contribution >= 0.6 is 12.6 Å². The van der Waals surface area contributed by atoms with Crippen LogP contribution in [0.3, 0.4) is 0 Å². The Morgan fingerprint density at radius 3 is 2.38 bits per heavy atom. The third-order valence-electron chi connectivity index (χ3n) is 3.80. The molecule has 1 unspecified atom stereocenters. The summed E-state index contributed by atoms with van der Waals surface area (Å²) in [6.45, 7) is 2.94. The molecule has 0 radical (unpaired) electrons. The van der Waals surface area contributed by atoms with Gasteiger partial charge >= 0.3 is 11.9 Å². The van der Waals surface area contributed by atoms with Gasteiger partial charge < -0.3 is 26.6 Å². The van der Waals surface area contributed by atoms with Crippen LogP contribution in [0.15, 0.2) is 0 Å². The van der Waals surface area contributed by atoms with Gasteiger partial charge in [0, 0.05) is 18.2 Å². The summed E-state index contributed by atoms with van der Waals surface area (Å²) in [6.07, 6.45) is 3.51. The number of hydrogen-bond donors (Lipinski definition) is 5. The van der Waals surface area contributed by atoms with Gasteiger partial charge in [0.1, 0.15) is 12.1 Å². The number of thiol groups is 1. The second-order valence-electron chi connectivity index (χ2n) is 5.84. The number of unbranched alkanes of at least 4 members (excludes halogenated alkanes) is 1. The van der Waals surface area contributed by atoms with Gasteiger partial charge in [-0.15, -0.1) is 0 Å². The van der Waals surface area contributed by atoms with E-state index in [1.807, 2.05) is 0 Å². The SMILES string of the molecule is C[C@H](CS)C(=O)N1CCC[C@H]1C(=O)O.NCCCCC(N)C(=O)O. The summed E-state index contributed by atoms with van der Waals surface area (Å²) in [5, 5.41) is 17.2. The van der Waals surface area contributed by atoms with Crippen molar-refractivity contribution in [3.63, 3.8) is 0 Å². The summed E-state index contributed by atoms with van der Waals surface area (Å²) in [4.78, 5) is 34.1. The lowest BCUT2D eigenvalue weighted by molar-refractivity contribution is -0.149. The third kappa shape index (κ3) is 7.98. The van der Waals surface area contributed by atoms with E-state index < -0.39 is 24.0 Å². The van der Waals surface area contributed by atoms with Gasteiger partial charge in [0.2, 0.25) is 5.91 Å². The zero-order chi connectivity index (χ0) is 18.7. The van der Waals surface area contributed by atoms with E-state index in [1.54, 1.807) is 6.92 Å². The maximum Gasteiger partial charge on any atom is 0.326 e. The van der Waals surface area contributed by atoms with E-state index in [1.165, 1.54) is 4.90 Å². The average Bonchev–Trinajstić information content (AvgIpc) is 3.03. The summed E-state index contributed by atoms with van der Waals surface area (Å²) in [5.74, 6) is -1.66. The molecule has 1 aliphatic rings. The molecule has 3 atom stereocenters. The molecule has 9 heteroatoms.